The molecular formula is C15H20N4. The zero-order valence-electron chi connectivity index (χ0n) is 11.2. The molecule has 2 aromatic rings. The third-order valence-electron chi connectivity index (χ3n) is 4.71. The molecule has 1 atom stereocenters. The number of rotatable bonds is 1. The number of aromatic nitrogens is 2. The molecule has 0 aliphatic carbocycles. The number of H-pyrrole nitrogens is 1. The fourth-order valence-corrected chi connectivity index (χ4v) is 3.68. The third kappa shape index (κ3) is 1.82. The van der Waals surface area contributed by atoms with Crippen molar-refractivity contribution in [2.75, 3.05) is 24.5 Å². The highest BCUT2D eigenvalue weighted by atomic mass is 15.2. The number of fused-ring (bicyclic) bond motifs is 1. The summed E-state index contributed by atoms with van der Waals surface area (Å²) in [5.41, 5.74) is 2.69. The molecule has 4 nitrogen and oxygen atoms in total. The summed E-state index contributed by atoms with van der Waals surface area (Å²) in [6.07, 6.45) is 9.18. The van der Waals surface area contributed by atoms with Crippen LogP contribution in [0.3, 0.4) is 0 Å². The highest BCUT2D eigenvalue weighted by Gasteiger charge is 2.39. The summed E-state index contributed by atoms with van der Waals surface area (Å²) in [4.78, 5) is 10.1. The average Bonchev–Trinajstić information content (AvgIpc) is 3.06. The molecule has 2 aliphatic rings. The molecule has 0 saturated carbocycles. The van der Waals surface area contributed by atoms with Gasteiger partial charge in [-0.2, -0.15) is 0 Å². The van der Waals surface area contributed by atoms with Gasteiger partial charge in [0.05, 0.1) is 0 Å². The molecule has 0 amide bonds. The van der Waals surface area contributed by atoms with Crippen LogP contribution in [-0.4, -0.2) is 35.1 Å². The minimum atomic E-state index is 0.365. The molecule has 4 heterocycles. The molecule has 1 unspecified atom stereocenters. The molecule has 100 valence electrons. The lowest BCUT2D eigenvalue weighted by Crippen LogP contribution is -2.50. The van der Waals surface area contributed by atoms with Crippen molar-refractivity contribution in [1.29, 1.82) is 0 Å². The molecule has 0 aromatic carbocycles. The van der Waals surface area contributed by atoms with Crippen molar-refractivity contribution in [2.45, 2.75) is 31.2 Å². The maximum atomic E-state index is 4.38. The molecular weight excluding hydrogens is 236 g/mol. The Morgan fingerprint density at radius 2 is 2.21 bits per heavy atom. The minimum absolute atomic E-state index is 0.365. The lowest BCUT2D eigenvalue weighted by atomic mass is 9.88. The van der Waals surface area contributed by atoms with Crippen LogP contribution in [0.5, 0.6) is 0 Å². The van der Waals surface area contributed by atoms with Crippen molar-refractivity contribution in [1.82, 2.24) is 15.3 Å². The molecule has 19 heavy (non-hydrogen) atoms. The molecule has 2 saturated heterocycles. The molecule has 1 spiro atoms. The molecule has 4 heteroatoms. The van der Waals surface area contributed by atoms with Crippen LogP contribution in [0.25, 0.3) is 11.0 Å². The van der Waals surface area contributed by atoms with Gasteiger partial charge in [-0.25, -0.2) is 4.98 Å². The van der Waals surface area contributed by atoms with Crippen LogP contribution >= 0.6 is 0 Å². The van der Waals surface area contributed by atoms with Crippen LogP contribution in [0.2, 0.25) is 0 Å². The lowest BCUT2D eigenvalue weighted by molar-refractivity contribution is 0.280. The number of nitrogens with zero attached hydrogens (tertiary/aromatic N) is 2. The van der Waals surface area contributed by atoms with Crippen LogP contribution in [0, 0.1) is 0 Å². The largest absolute Gasteiger partial charge is 0.369 e. The van der Waals surface area contributed by atoms with Gasteiger partial charge >= 0.3 is 0 Å². The first-order chi connectivity index (χ1) is 9.36. The lowest BCUT2D eigenvalue weighted by Gasteiger charge is -2.35. The second-order valence-electron chi connectivity index (χ2n) is 5.91. The summed E-state index contributed by atoms with van der Waals surface area (Å²) in [5.74, 6) is 0. The van der Waals surface area contributed by atoms with Gasteiger partial charge in [-0.15, -0.1) is 0 Å². The Labute approximate surface area is 113 Å². The van der Waals surface area contributed by atoms with Gasteiger partial charge in [-0.3, -0.25) is 0 Å². The van der Waals surface area contributed by atoms with E-state index in [4.69, 9.17) is 0 Å². The predicted molar refractivity (Wildman–Crippen MR) is 77.5 cm³/mol. The number of pyridine rings is 1. The Bertz CT molecular complexity index is 583. The van der Waals surface area contributed by atoms with Gasteiger partial charge in [0.15, 0.2) is 0 Å². The van der Waals surface area contributed by atoms with Gasteiger partial charge in [-0.05, 0) is 37.9 Å². The maximum Gasteiger partial charge on any atom is 0.139 e. The molecule has 2 aliphatic heterocycles. The monoisotopic (exact) mass is 256 g/mol. The number of hydrogen-bond donors (Lipinski definition) is 2. The highest BCUT2D eigenvalue weighted by molar-refractivity contribution is 5.89. The molecule has 4 rings (SSSR count). The van der Waals surface area contributed by atoms with E-state index in [1.165, 1.54) is 43.3 Å². The molecule has 2 aromatic heterocycles. The van der Waals surface area contributed by atoms with Crippen molar-refractivity contribution in [3.63, 3.8) is 0 Å². The second kappa shape index (κ2) is 4.23. The van der Waals surface area contributed by atoms with E-state index < -0.39 is 0 Å². The number of anilines is 1. The Kier molecular flexibility index (Phi) is 2.52. The van der Waals surface area contributed by atoms with E-state index in [0.29, 0.717) is 5.54 Å². The summed E-state index contributed by atoms with van der Waals surface area (Å²) in [6, 6.07) is 4.29. The van der Waals surface area contributed by atoms with E-state index in [2.05, 4.69) is 32.3 Å². The van der Waals surface area contributed by atoms with Gasteiger partial charge in [0.2, 0.25) is 0 Å². The third-order valence-corrected chi connectivity index (χ3v) is 4.71. The van der Waals surface area contributed by atoms with Crippen LogP contribution in [0.15, 0.2) is 24.5 Å². The molecule has 0 radical (unpaired) electrons. The summed E-state index contributed by atoms with van der Waals surface area (Å²) in [6.45, 7) is 3.47. The van der Waals surface area contributed by atoms with E-state index in [1.807, 2.05) is 12.4 Å². The zero-order chi connectivity index (χ0) is 12.7. The Morgan fingerprint density at radius 1 is 1.21 bits per heavy atom. The van der Waals surface area contributed by atoms with Crippen molar-refractivity contribution < 1.29 is 0 Å². The van der Waals surface area contributed by atoms with E-state index in [0.717, 1.165) is 18.7 Å². The van der Waals surface area contributed by atoms with Crippen molar-refractivity contribution in [2.24, 2.45) is 0 Å². The normalized spacial score (nSPS) is 27.5. The van der Waals surface area contributed by atoms with Crippen molar-refractivity contribution in [3.05, 3.63) is 24.5 Å². The Hall–Kier alpha value is -1.55. The maximum absolute atomic E-state index is 4.38. The topological polar surface area (TPSA) is 44.0 Å². The zero-order valence-corrected chi connectivity index (χ0v) is 11.2. The van der Waals surface area contributed by atoms with Crippen molar-refractivity contribution in [3.8, 4) is 0 Å². The average molecular weight is 256 g/mol. The summed E-state index contributed by atoms with van der Waals surface area (Å²) < 4.78 is 0. The van der Waals surface area contributed by atoms with Gasteiger partial charge in [0.1, 0.15) is 5.65 Å². The number of piperidine rings is 1. The number of aromatic amines is 1. The van der Waals surface area contributed by atoms with Crippen molar-refractivity contribution >= 4 is 16.7 Å². The fourth-order valence-electron chi connectivity index (χ4n) is 3.68. The smallest absolute Gasteiger partial charge is 0.139 e. The van der Waals surface area contributed by atoms with Gasteiger partial charge in [0, 0.05) is 42.1 Å². The van der Waals surface area contributed by atoms with Gasteiger partial charge in [0.25, 0.3) is 0 Å². The number of hydrogen-bond acceptors (Lipinski definition) is 3. The quantitative estimate of drug-likeness (QED) is 0.822. The predicted octanol–water partition coefficient (Wildman–Crippen LogP) is 2.29. The van der Waals surface area contributed by atoms with E-state index in [-0.39, 0.29) is 0 Å². The first-order valence-electron chi connectivity index (χ1n) is 7.28. The highest BCUT2D eigenvalue weighted by Crippen LogP contribution is 2.34. The van der Waals surface area contributed by atoms with E-state index >= 15 is 0 Å². The fraction of sp³-hybridized carbons (Fsp3) is 0.533. The van der Waals surface area contributed by atoms with Crippen LogP contribution in [-0.2, 0) is 0 Å². The first-order valence-corrected chi connectivity index (χ1v) is 7.28. The Morgan fingerprint density at radius 3 is 3.11 bits per heavy atom. The molecule has 2 N–H and O–H groups in total. The van der Waals surface area contributed by atoms with Crippen LogP contribution in [0.4, 0.5) is 5.69 Å². The standard InChI is InChI=1S/C15H20N4/c1-2-7-18-15(5-1)6-10-19(11-15)13-4-9-17-14-12(13)3-8-16-14/h3-4,8-9,18H,1-2,5-7,10-11H2,(H,16,17). The Balaban J connectivity index is 1.65. The SMILES string of the molecule is c1cc(N2CCC3(CCCCN3)C2)c2cc[nH]c2n1. The first kappa shape index (κ1) is 11.3. The minimum Gasteiger partial charge on any atom is -0.369 e. The molecule has 0 bridgehead atoms. The van der Waals surface area contributed by atoms with Crippen LogP contribution in [0.1, 0.15) is 25.7 Å². The number of nitrogens with one attached hydrogen (secondary N) is 2. The van der Waals surface area contributed by atoms with Gasteiger partial charge in [-0.1, -0.05) is 6.42 Å². The van der Waals surface area contributed by atoms with Gasteiger partial charge < -0.3 is 15.2 Å². The summed E-state index contributed by atoms with van der Waals surface area (Å²) in [7, 11) is 0. The van der Waals surface area contributed by atoms with E-state index in [9.17, 15) is 0 Å². The summed E-state index contributed by atoms with van der Waals surface area (Å²) in [5, 5.41) is 5.02. The van der Waals surface area contributed by atoms with Crippen LogP contribution < -0.4 is 10.2 Å². The second-order valence-corrected chi connectivity index (χ2v) is 5.91. The summed E-state index contributed by atoms with van der Waals surface area (Å²) >= 11 is 0. The van der Waals surface area contributed by atoms with E-state index in [1.54, 1.807) is 0 Å². The molecule has 2 fully saturated rings.